The standard InChI is InChI=1S/C27H39BN2O3/c1-25(2)22-10-9-19(28-32-26(3,4)27(5,6)33-28)12-23(22)30(24(25)31)21-13-20(14-21)29-15-17-7-8-18(11-17)16-29/h9-10,12,17-18,20-21H,7-8,11,13-16H2,1-6H3/t17?,18?,20-,21+. The van der Waals surface area contributed by atoms with Gasteiger partial charge in [-0.2, -0.15) is 0 Å². The molecule has 178 valence electrons. The number of nitrogens with zero attached hydrogens (tertiary/aromatic N) is 2. The molecule has 6 heteroatoms. The molecule has 0 spiro atoms. The Morgan fingerprint density at radius 2 is 1.48 bits per heavy atom. The Morgan fingerprint density at radius 3 is 2.09 bits per heavy atom. The van der Waals surface area contributed by atoms with Crippen LogP contribution in [0.25, 0.3) is 0 Å². The summed E-state index contributed by atoms with van der Waals surface area (Å²) in [7, 11) is -0.404. The van der Waals surface area contributed by atoms with E-state index in [0.717, 1.165) is 41.4 Å². The first-order valence-electron chi connectivity index (χ1n) is 13.0. The zero-order chi connectivity index (χ0) is 23.3. The highest BCUT2D eigenvalue weighted by Crippen LogP contribution is 2.47. The van der Waals surface area contributed by atoms with Crippen molar-refractivity contribution in [1.29, 1.82) is 0 Å². The van der Waals surface area contributed by atoms with Crippen molar-refractivity contribution in [3.8, 4) is 0 Å². The van der Waals surface area contributed by atoms with Gasteiger partial charge in [-0.1, -0.05) is 12.1 Å². The summed E-state index contributed by atoms with van der Waals surface area (Å²) >= 11 is 0. The van der Waals surface area contributed by atoms with E-state index in [1.165, 1.54) is 32.4 Å². The van der Waals surface area contributed by atoms with Crippen LogP contribution in [0.4, 0.5) is 5.69 Å². The van der Waals surface area contributed by atoms with E-state index >= 15 is 0 Å². The molecule has 0 N–H and O–H groups in total. The van der Waals surface area contributed by atoms with Gasteiger partial charge in [0.05, 0.1) is 16.6 Å². The Kier molecular flexibility index (Phi) is 4.75. The maximum Gasteiger partial charge on any atom is 0.494 e. The SMILES string of the molecule is CC1(C)C(=O)N([C@H]2C[C@@H](N3CC4CCC(C4)C3)C2)c2cc(B3OC(C)(C)C(C)(C)O3)ccc21. The van der Waals surface area contributed by atoms with Crippen molar-refractivity contribution in [2.45, 2.75) is 102 Å². The van der Waals surface area contributed by atoms with Crippen molar-refractivity contribution in [2.75, 3.05) is 18.0 Å². The second kappa shape index (κ2) is 7.08. The quantitative estimate of drug-likeness (QED) is 0.656. The summed E-state index contributed by atoms with van der Waals surface area (Å²) in [6.45, 7) is 15.0. The molecule has 3 heterocycles. The number of fused-ring (bicyclic) bond motifs is 3. The van der Waals surface area contributed by atoms with Gasteiger partial charge < -0.3 is 14.2 Å². The molecule has 2 atom stereocenters. The van der Waals surface area contributed by atoms with Gasteiger partial charge in [0.1, 0.15) is 0 Å². The smallest absolute Gasteiger partial charge is 0.399 e. The fourth-order valence-electron chi connectivity index (χ4n) is 6.90. The first-order chi connectivity index (χ1) is 15.5. The largest absolute Gasteiger partial charge is 0.494 e. The topological polar surface area (TPSA) is 42.0 Å². The van der Waals surface area contributed by atoms with Crippen LogP contribution in [-0.2, 0) is 19.5 Å². The lowest BCUT2D eigenvalue weighted by Gasteiger charge is -2.49. The number of piperidine rings is 1. The Morgan fingerprint density at radius 1 is 0.879 bits per heavy atom. The van der Waals surface area contributed by atoms with Gasteiger partial charge >= 0.3 is 7.12 Å². The molecule has 1 amide bonds. The van der Waals surface area contributed by atoms with Gasteiger partial charge in [-0.25, -0.2) is 0 Å². The van der Waals surface area contributed by atoms with E-state index in [2.05, 4.69) is 69.5 Å². The molecule has 2 aliphatic carbocycles. The molecule has 0 aromatic heterocycles. The van der Waals surface area contributed by atoms with Crippen molar-refractivity contribution >= 4 is 24.2 Å². The molecule has 1 aromatic rings. The number of hydrogen-bond acceptors (Lipinski definition) is 4. The lowest BCUT2D eigenvalue weighted by Crippen LogP contribution is -2.58. The molecule has 5 nitrogen and oxygen atoms in total. The summed E-state index contributed by atoms with van der Waals surface area (Å²) in [4.78, 5) is 18.5. The first kappa shape index (κ1) is 22.1. The number of carbonyl (C=O) groups is 1. The van der Waals surface area contributed by atoms with Gasteiger partial charge in [0, 0.05) is 30.9 Å². The lowest BCUT2D eigenvalue weighted by atomic mass is 9.76. The first-order valence-corrected chi connectivity index (χ1v) is 13.0. The van der Waals surface area contributed by atoms with Gasteiger partial charge in [0.2, 0.25) is 5.91 Å². The van der Waals surface area contributed by atoms with Crippen LogP contribution in [-0.4, -0.2) is 54.3 Å². The van der Waals surface area contributed by atoms with E-state index < -0.39 is 12.5 Å². The third-order valence-corrected chi connectivity index (χ3v) is 9.84. The molecule has 0 radical (unpaired) electrons. The van der Waals surface area contributed by atoms with Crippen LogP contribution in [0.3, 0.4) is 0 Å². The molecule has 2 saturated carbocycles. The fourth-order valence-corrected chi connectivity index (χ4v) is 6.90. The molecule has 2 saturated heterocycles. The van der Waals surface area contributed by atoms with Crippen LogP contribution in [0.15, 0.2) is 18.2 Å². The molecule has 4 fully saturated rings. The van der Waals surface area contributed by atoms with Gasteiger partial charge in [-0.3, -0.25) is 9.69 Å². The summed E-state index contributed by atoms with van der Waals surface area (Å²) in [5.74, 6) is 2.07. The third kappa shape index (κ3) is 3.27. The van der Waals surface area contributed by atoms with Gasteiger partial charge in [-0.15, -0.1) is 0 Å². The summed E-state index contributed by atoms with van der Waals surface area (Å²) in [6, 6.07) is 7.33. The van der Waals surface area contributed by atoms with Crippen molar-refractivity contribution in [1.82, 2.24) is 4.90 Å². The number of carbonyl (C=O) groups excluding carboxylic acids is 1. The average molecular weight is 450 g/mol. The van der Waals surface area contributed by atoms with Crippen LogP contribution in [0, 0.1) is 11.8 Å². The average Bonchev–Trinajstić information content (AvgIpc) is 3.23. The minimum atomic E-state index is -0.487. The number of hydrogen-bond donors (Lipinski definition) is 0. The van der Waals surface area contributed by atoms with Crippen molar-refractivity contribution < 1.29 is 14.1 Å². The zero-order valence-corrected chi connectivity index (χ0v) is 21.2. The van der Waals surface area contributed by atoms with Gasteiger partial charge in [-0.05, 0) is 103 Å². The van der Waals surface area contributed by atoms with Crippen LogP contribution < -0.4 is 10.4 Å². The maximum absolute atomic E-state index is 13.6. The van der Waals surface area contributed by atoms with E-state index in [1.807, 2.05) is 0 Å². The van der Waals surface area contributed by atoms with E-state index in [0.29, 0.717) is 12.1 Å². The molecule has 6 rings (SSSR count). The van der Waals surface area contributed by atoms with Crippen molar-refractivity contribution in [3.05, 3.63) is 23.8 Å². The number of rotatable bonds is 3. The van der Waals surface area contributed by atoms with Gasteiger partial charge in [0.25, 0.3) is 0 Å². The Labute approximate surface area is 199 Å². The minimum absolute atomic E-state index is 0.241. The number of likely N-dealkylation sites (tertiary alicyclic amines) is 1. The molecule has 5 aliphatic rings. The Balaban J connectivity index is 1.24. The predicted molar refractivity (Wildman–Crippen MR) is 132 cm³/mol. The molecule has 2 unspecified atom stereocenters. The highest BCUT2D eigenvalue weighted by Gasteiger charge is 2.54. The van der Waals surface area contributed by atoms with E-state index in [9.17, 15) is 4.79 Å². The third-order valence-electron chi connectivity index (χ3n) is 9.84. The zero-order valence-electron chi connectivity index (χ0n) is 21.2. The van der Waals surface area contributed by atoms with Crippen LogP contribution >= 0.6 is 0 Å². The molecular weight excluding hydrogens is 411 g/mol. The summed E-state index contributed by atoms with van der Waals surface area (Å²) < 4.78 is 12.6. The highest BCUT2D eigenvalue weighted by molar-refractivity contribution is 6.62. The van der Waals surface area contributed by atoms with E-state index in [4.69, 9.17) is 9.31 Å². The summed E-state index contributed by atoms with van der Waals surface area (Å²) in [5.41, 5.74) is 1.97. The fraction of sp³-hybridized carbons (Fsp3) is 0.741. The van der Waals surface area contributed by atoms with Crippen LogP contribution in [0.5, 0.6) is 0 Å². The summed E-state index contributed by atoms with van der Waals surface area (Å²) in [5, 5.41) is 0. The normalized spacial score (nSPS) is 36.2. The second-order valence-electron chi connectivity index (χ2n) is 12.9. The highest BCUT2D eigenvalue weighted by atomic mass is 16.7. The Hall–Kier alpha value is -1.37. The van der Waals surface area contributed by atoms with Crippen molar-refractivity contribution in [2.24, 2.45) is 11.8 Å². The van der Waals surface area contributed by atoms with Crippen molar-refractivity contribution in [3.63, 3.8) is 0 Å². The molecule has 2 bridgehead atoms. The number of benzene rings is 1. The number of anilines is 1. The van der Waals surface area contributed by atoms with E-state index in [-0.39, 0.29) is 17.1 Å². The van der Waals surface area contributed by atoms with Gasteiger partial charge in [0.15, 0.2) is 0 Å². The van der Waals surface area contributed by atoms with Crippen LogP contribution in [0.2, 0.25) is 0 Å². The minimum Gasteiger partial charge on any atom is -0.399 e. The molecule has 33 heavy (non-hydrogen) atoms. The monoisotopic (exact) mass is 450 g/mol. The molecule has 3 aliphatic heterocycles. The van der Waals surface area contributed by atoms with Crippen LogP contribution in [0.1, 0.15) is 79.2 Å². The predicted octanol–water partition coefficient (Wildman–Crippen LogP) is 3.87. The number of amides is 1. The molecular formula is C27H39BN2O3. The van der Waals surface area contributed by atoms with E-state index in [1.54, 1.807) is 0 Å². The maximum atomic E-state index is 13.6. The lowest BCUT2D eigenvalue weighted by molar-refractivity contribution is -0.123. The summed E-state index contributed by atoms with van der Waals surface area (Å²) in [6.07, 6.45) is 6.49. The Bertz CT molecular complexity index is 956. The second-order valence-corrected chi connectivity index (χ2v) is 12.9. The molecule has 1 aromatic carbocycles.